The van der Waals surface area contributed by atoms with Crippen molar-refractivity contribution in [1.29, 1.82) is 0 Å². The number of rotatable bonds is 5. The molecule has 7 heteroatoms. The van der Waals surface area contributed by atoms with Crippen LogP contribution in [-0.4, -0.2) is 24.9 Å². The van der Waals surface area contributed by atoms with E-state index in [4.69, 9.17) is 14.2 Å². The van der Waals surface area contributed by atoms with Gasteiger partial charge in [-0.05, 0) is 48.0 Å². The van der Waals surface area contributed by atoms with Crippen molar-refractivity contribution < 1.29 is 23.8 Å². The molecule has 0 fully saturated rings. The van der Waals surface area contributed by atoms with Crippen molar-refractivity contribution in [1.82, 2.24) is 5.43 Å². The second-order valence-corrected chi connectivity index (χ2v) is 6.10. The van der Waals surface area contributed by atoms with E-state index < -0.39 is 5.97 Å². The van der Waals surface area contributed by atoms with Crippen molar-refractivity contribution in [3.05, 3.63) is 89.5 Å². The van der Waals surface area contributed by atoms with Gasteiger partial charge in [0.1, 0.15) is 5.75 Å². The monoisotopic (exact) mass is 388 g/mol. The van der Waals surface area contributed by atoms with Crippen LogP contribution in [0.1, 0.15) is 26.3 Å². The molecule has 1 amide bonds. The number of nitrogens with one attached hydrogen (secondary N) is 1. The summed E-state index contributed by atoms with van der Waals surface area (Å²) in [6, 6.07) is 20.4. The van der Waals surface area contributed by atoms with Crippen LogP contribution in [0.4, 0.5) is 0 Å². The van der Waals surface area contributed by atoms with Crippen molar-refractivity contribution in [3.8, 4) is 17.2 Å². The van der Waals surface area contributed by atoms with Crippen molar-refractivity contribution >= 4 is 18.1 Å². The third kappa shape index (κ3) is 4.41. The number of hydrogen-bond donors (Lipinski definition) is 1. The van der Waals surface area contributed by atoms with Gasteiger partial charge in [-0.1, -0.05) is 30.3 Å². The average molecular weight is 388 g/mol. The van der Waals surface area contributed by atoms with Crippen molar-refractivity contribution in [2.45, 2.75) is 0 Å². The van der Waals surface area contributed by atoms with E-state index in [0.717, 1.165) is 0 Å². The zero-order valence-corrected chi connectivity index (χ0v) is 15.2. The number of esters is 1. The predicted octanol–water partition coefficient (Wildman–Crippen LogP) is 3.40. The van der Waals surface area contributed by atoms with Gasteiger partial charge in [0.2, 0.25) is 6.79 Å². The number of nitrogens with zero attached hydrogens (tertiary/aromatic N) is 1. The van der Waals surface area contributed by atoms with Crippen LogP contribution in [0, 0.1) is 0 Å². The molecular formula is C22H16N2O5. The average Bonchev–Trinajstić information content (AvgIpc) is 3.22. The molecule has 1 aliphatic heterocycles. The first-order chi connectivity index (χ1) is 14.2. The minimum atomic E-state index is -0.519. The van der Waals surface area contributed by atoms with Gasteiger partial charge < -0.3 is 14.2 Å². The summed E-state index contributed by atoms with van der Waals surface area (Å²) in [6.07, 6.45) is 1.47. The zero-order chi connectivity index (χ0) is 20.1. The Morgan fingerprint density at radius 3 is 2.59 bits per heavy atom. The number of carbonyl (C=O) groups excluding carboxylic acids is 2. The van der Waals surface area contributed by atoms with E-state index in [1.807, 2.05) is 6.07 Å². The molecular weight excluding hydrogens is 372 g/mol. The van der Waals surface area contributed by atoms with E-state index in [2.05, 4.69) is 10.5 Å². The first kappa shape index (κ1) is 18.2. The smallest absolute Gasteiger partial charge is 0.343 e. The Morgan fingerprint density at radius 2 is 1.72 bits per heavy atom. The summed E-state index contributed by atoms with van der Waals surface area (Å²) < 4.78 is 15.9. The maximum atomic E-state index is 12.4. The summed E-state index contributed by atoms with van der Waals surface area (Å²) in [7, 11) is 0. The van der Waals surface area contributed by atoms with E-state index in [0.29, 0.717) is 33.9 Å². The fourth-order valence-corrected chi connectivity index (χ4v) is 2.67. The third-order valence-corrected chi connectivity index (χ3v) is 4.09. The largest absolute Gasteiger partial charge is 0.454 e. The van der Waals surface area contributed by atoms with Crippen LogP contribution >= 0.6 is 0 Å². The first-order valence-electron chi connectivity index (χ1n) is 8.79. The molecule has 144 valence electrons. The molecule has 0 saturated heterocycles. The highest BCUT2D eigenvalue weighted by Crippen LogP contribution is 2.32. The highest BCUT2D eigenvalue weighted by molar-refractivity contribution is 5.95. The molecule has 0 unspecified atom stereocenters. The van der Waals surface area contributed by atoms with Crippen LogP contribution in [0.25, 0.3) is 0 Å². The van der Waals surface area contributed by atoms with Crippen LogP contribution in [-0.2, 0) is 0 Å². The van der Waals surface area contributed by atoms with Gasteiger partial charge in [-0.3, -0.25) is 4.79 Å². The molecule has 1 aliphatic rings. The number of hydrazone groups is 1. The number of benzene rings is 3. The minimum Gasteiger partial charge on any atom is -0.454 e. The lowest BCUT2D eigenvalue weighted by atomic mass is 10.2. The Kier molecular flexibility index (Phi) is 5.20. The predicted molar refractivity (Wildman–Crippen MR) is 105 cm³/mol. The quantitative estimate of drug-likeness (QED) is 0.313. The Bertz CT molecular complexity index is 1080. The van der Waals surface area contributed by atoms with Crippen LogP contribution in [0.3, 0.4) is 0 Å². The van der Waals surface area contributed by atoms with Crippen LogP contribution in [0.5, 0.6) is 17.2 Å². The van der Waals surface area contributed by atoms with Gasteiger partial charge in [0, 0.05) is 5.56 Å². The van der Waals surface area contributed by atoms with Gasteiger partial charge in [-0.2, -0.15) is 5.10 Å². The van der Waals surface area contributed by atoms with E-state index in [9.17, 15) is 9.59 Å². The van der Waals surface area contributed by atoms with Gasteiger partial charge in [-0.25, -0.2) is 10.2 Å². The van der Waals surface area contributed by atoms with E-state index in [-0.39, 0.29) is 12.7 Å². The van der Waals surface area contributed by atoms with Gasteiger partial charge >= 0.3 is 5.97 Å². The van der Waals surface area contributed by atoms with Crippen molar-refractivity contribution in [2.24, 2.45) is 5.10 Å². The van der Waals surface area contributed by atoms with Crippen LogP contribution in [0.2, 0.25) is 0 Å². The van der Waals surface area contributed by atoms with Crippen LogP contribution in [0.15, 0.2) is 77.9 Å². The topological polar surface area (TPSA) is 86.2 Å². The lowest BCUT2D eigenvalue weighted by Gasteiger charge is -2.06. The maximum Gasteiger partial charge on any atom is 0.343 e. The number of fused-ring (bicyclic) bond motifs is 1. The van der Waals surface area contributed by atoms with E-state index in [1.54, 1.807) is 66.7 Å². The molecule has 3 aromatic rings. The zero-order valence-electron chi connectivity index (χ0n) is 15.2. The summed E-state index contributed by atoms with van der Waals surface area (Å²) in [5.74, 6) is 0.625. The SMILES string of the molecule is O=C(N/N=C/c1cccc(OC(=O)c2ccc3c(c2)OCO3)c1)c1ccccc1. The Hall–Kier alpha value is -4.13. The normalized spacial score (nSPS) is 12.0. The number of carbonyl (C=O) groups is 2. The lowest BCUT2D eigenvalue weighted by molar-refractivity contribution is 0.0734. The van der Waals surface area contributed by atoms with Crippen molar-refractivity contribution in [3.63, 3.8) is 0 Å². The number of amides is 1. The number of ether oxygens (including phenoxy) is 3. The molecule has 0 aliphatic carbocycles. The summed E-state index contributed by atoms with van der Waals surface area (Å²) in [6.45, 7) is 0.135. The Morgan fingerprint density at radius 1 is 0.897 bits per heavy atom. The Labute approximate surface area is 166 Å². The summed E-state index contributed by atoms with van der Waals surface area (Å²) in [5, 5.41) is 3.94. The minimum absolute atomic E-state index is 0.135. The summed E-state index contributed by atoms with van der Waals surface area (Å²) >= 11 is 0. The van der Waals surface area contributed by atoms with Gasteiger partial charge in [-0.15, -0.1) is 0 Å². The Balaban J connectivity index is 1.39. The molecule has 1 heterocycles. The summed E-state index contributed by atoms with van der Waals surface area (Å²) in [5.41, 5.74) is 3.98. The van der Waals surface area contributed by atoms with Gasteiger partial charge in [0.25, 0.3) is 5.91 Å². The molecule has 7 nitrogen and oxygen atoms in total. The molecule has 0 saturated carbocycles. The summed E-state index contributed by atoms with van der Waals surface area (Å²) in [4.78, 5) is 24.3. The lowest BCUT2D eigenvalue weighted by Crippen LogP contribution is -2.17. The molecule has 0 atom stereocenters. The molecule has 4 rings (SSSR count). The van der Waals surface area contributed by atoms with E-state index in [1.165, 1.54) is 6.21 Å². The first-order valence-corrected chi connectivity index (χ1v) is 8.79. The molecule has 1 N–H and O–H groups in total. The molecule has 0 spiro atoms. The van der Waals surface area contributed by atoms with E-state index >= 15 is 0 Å². The second kappa shape index (κ2) is 8.26. The van der Waals surface area contributed by atoms with Gasteiger partial charge in [0.05, 0.1) is 11.8 Å². The fraction of sp³-hybridized carbons (Fsp3) is 0.0455. The molecule has 0 radical (unpaired) electrons. The van der Waals surface area contributed by atoms with Crippen molar-refractivity contribution in [2.75, 3.05) is 6.79 Å². The molecule has 29 heavy (non-hydrogen) atoms. The third-order valence-electron chi connectivity index (χ3n) is 4.09. The molecule has 0 aromatic heterocycles. The highest BCUT2D eigenvalue weighted by Gasteiger charge is 2.17. The molecule has 3 aromatic carbocycles. The number of hydrogen-bond acceptors (Lipinski definition) is 6. The molecule has 0 bridgehead atoms. The van der Waals surface area contributed by atoms with Gasteiger partial charge in [0.15, 0.2) is 11.5 Å². The fourth-order valence-electron chi connectivity index (χ4n) is 2.67. The standard InChI is InChI=1S/C22H16N2O5/c25-21(16-6-2-1-3-7-16)24-23-13-15-5-4-8-18(11-15)29-22(26)17-9-10-19-20(12-17)28-14-27-19/h1-13H,14H2,(H,24,25)/b23-13+. The van der Waals surface area contributed by atoms with Crippen LogP contribution < -0.4 is 19.6 Å². The second-order valence-electron chi connectivity index (χ2n) is 6.10. The maximum absolute atomic E-state index is 12.4. The highest BCUT2D eigenvalue weighted by atomic mass is 16.7.